The second-order valence-corrected chi connectivity index (χ2v) is 7.60. The number of amides is 1. The number of nitrogens with zero attached hydrogens (tertiary/aromatic N) is 2. The second-order valence-electron chi connectivity index (χ2n) is 7.16. The van der Waals surface area contributed by atoms with E-state index in [1.165, 1.54) is 12.1 Å². The summed E-state index contributed by atoms with van der Waals surface area (Å²) in [6.45, 7) is 6.70. The molecule has 2 unspecified atom stereocenters. The van der Waals surface area contributed by atoms with E-state index in [1.54, 1.807) is 12.1 Å². The summed E-state index contributed by atoms with van der Waals surface area (Å²) in [5.41, 5.74) is 1.96. The molecule has 27 heavy (non-hydrogen) atoms. The maximum Gasteiger partial charge on any atom is 0.242 e. The highest BCUT2D eigenvalue weighted by Crippen LogP contribution is 2.19. The SMILES string of the molecule is CC1CN(C(=O)CNc2ccc(Cl)cc2)C(C)CN1Cc1ccc(F)cc1. The normalized spacial score (nSPS) is 20.5. The Morgan fingerprint density at radius 1 is 1.07 bits per heavy atom. The van der Waals surface area contributed by atoms with Crippen molar-refractivity contribution in [2.75, 3.05) is 25.0 Å². The molecule has 0 spiro atoms. The van der Waals surface area contributed by atoms with Crippen molar-refractivity contribution in [2.24, 2.45) is 0 Å². The molecule has 2 aromatic carbocycles. The number of nitrogens with one attached hydrogen (secondary N) is 1. The molecule has 1 aliphatic rings. The van der Waals surface area contributed by atoms with Gasteiger partial charge in [-0.05, 0) is 55.8 Å². The minimum absolute atomic E-state index is 0.0886. The van der Waals surface area contributed by atoms with Gasteiger partial charge in [-0.2, -0.15) is 0 Å². The zero-order valence-corrected chi connectivity index (χ0v) is 16.4. The summed E-state index contributed by atoms with van der Waals surface area (Å²) >= 11 is 5.88. The molecule has 1 fully saturated rings. The quantitative estimate of drug-likeness (QED) is 0.839. The molecule has 4 nitrogen and oxygen atoms in total. The van der Waals surface area contributed by atoms with E-state index in [0.29, 0.717) is 11.6 Å². The first-order valence-electron chi connectivity index (χ1n) is 9.20. The number of hydrogen-bond acceptors (Lipinski definition) is 3. The van der Waals surface area contributed by atoms with Crippen LogP contribution in [0.15, 0.2) is 48.5 Å². The molecule has 0 radical (unpaired) electrons. The van der Waals surface area contributed by atoms with Crippen molar-refractivity contribution in [2.45, 2.75) is 32.5 Å². The number of rotatable bonds is 5. The Hall–Kier alpha value is -2.11. The minimum Gasteiger partial charge on any atom is -0.376 e. The predicted molar refractivity (Wildman–Crippen MR) is 107 cm³/mol. The summed E-state index contributed by atoms with van der Waals surface area (Å²) in [6.07, 6.45) is 0. The molecule has 0 aliphatic carbocycles. The van der Waals surface area contributed by atoms with Crippen molar-refractivity contribution in [3.63, 3.8) is 0 Å². The van der Waals surface area contributed by atoms with Crippen LogP contribution in [0.25, 0.3) is 0 Å². The molecule has 0 aromatic heterocycles. The number of anilines is 1. The highest BCUT2D eigenvalue weighted by molar-refractivity contribution is 6.30. The average Bonchev–Trinajstić information content (AvgIpc) is 2.65. The molecule has 3 rings (SSSR count). The van der Waals surface area contributed by atoms with Crippen LogP contribution in [0.5, 0.6) is 0 Å². The number of carbonyl (C=O) groups is 1. The molecule has 0 saturated carbocycles. The summed E-state index contributed by atoms with van der Waals surface area (Å²) in [5, 5.41) is 3.83. The fourth-order valence-corrected chi connectivity index (χ4v) is 3.56. The molecule has 0 bridgehead atoms. The second kappa shape index (κ2) is 8.72. The van der Waals surface area contributed by atoms with E-state index in [-0.39, 0.29) is 30.4 Å². The molecule has 1 heterocycles. The van der Waals surface area contributed by atoms with E-state index in [2.05, 4.69) is 24.1 Å². The van der Waals surface area contributed by atoms with Gasteiger partial charge in [0, 0.05) is 42.4 Å². The Kier molecular flexibility index (Phi) is 6.34. The molecular formula is C21H25ClFN3O. The van der Waals surface area contributed by atoms with Crippen molar-refractivity contribution < 1.29 is 9.18 Å². The standard InChI is InChI=1S/C21H25ClFN3O/c1-15-13-26(21(27)11-24-20-9-5-18(22)6-10-20)16(2)12-25(15)14-17-3-7-19(23)8-4-17/h3-10,15-16,24H,11-14H2,1-2H3. The van der Waals surface area contributed by atoms with Gasteiger partial charge in [-0.25, -0.2) is 4.39 Å². The first-order valence-corrected chi connectivity index (χ1v) is 9.57. The Labute approximate surface area is 164 Å². The monoisotopic (exact) mass is 389 g/mol. The lowest BCUT2D eigenvalue weighted by molar-refractivity contribution is -0.135. The Balaban J connectivity index is 1.54. The topological polar surface area (TPSA) is 35.6 Å². The van der Waals surface area contributed by atoms with Crippen LogP contribution < -0.4 is 5.32 Å². The molecule has 6 heteroatoms. The van der Waals surface area contributed by atoms with Crippen molar-refractivity contribution in [3.05, 3.63) is 64.9 Å². The number of carbonyl (C=O) groups excluding carboxylic acids is 1. The van der Waals surface area contributed by atoms with E-state index in [0.717, 1.165) is 24.3 Å². The molecule has 1 saturated heterocycles. The third kappa shape index (κ3) is 5.21. The first kappa shape index (κ1) is 19.6. The van der Waals surface area contributed by atoms with Gasteiger partial charge >= 0.3 is 0 Å². The molecule has 1 amide bonds. The van der Waals surface area contributed by atoms with E-state index < -0.39 is 0 Å². The van der Waals surface area contributed by atoms with Crippen LogP contribution in [-0.2, 0) is 11.3 Å². The Bertz CT molecular complexity index is 766. The lowest BCUT2D eigenvalue weighted by atomic mass is 10.1. The van der Waals surface area contributed by atoms with Crippen molar-refractivity contribution >= 4 is 23.2 Å². The van der Waals surface area contributed by atoms with E-state index in [1.807, 2.05) is 29.2 Å². The third-order valence-corrected chi connectivity index (χ3v) is 5.27. The zero-order valence-electron chi connectivity index (χ0n) is 15.7. The molecule has 144 valence electrons. The van der Waals surface area contributed by atoms with Crippen LogP contribution in [0.3, 0.4) is 0 Å². The minimum atomic E-state index is -0.219. The highest BCUT2D eigenvalue weighted by Gasteiger charge is 2.31. The number of piperazine rings is 1. The molecular weight excluding hydrogens is 365 g/mol. The van der Waals surface area contributed by atoms with Gasteiger partial charge in [0.1, 0.15) is 5.82 Å². The zero-order chi connectivity index (χ0) is 19.4. The molecule has 2 atom stereocenters. The van der Waals surface area contributed by atoms with Crippen LogP contribution in [-0.4, -0.2) is 47.4 Å². The average molecular weight is 390 g/mol. The maximum absolute atomic E-state index is 13.1. The first-order chi connectivity index (χ1) is 12.9. The summed E-state index contributed by atoms with van der Waals surface area (Å²) in [4.78, 5) is 17.0. The van der Waals surface area contributed by atoms with Crippen molar-refractivity contribution in [1.82, 2.24) is 9.80 Å². The van der Waals surface area contributed by atoms with Crippen molar-refractivity contribution in [1.29, 1.82) is 0 Å². The molecule has 2 aromatic rings. The summed E-state index contributed by atoms with van der Waals surface area (Å²) in [7, 11) is 0. The number of hydrogen-bond donors (Lipinski definition) is 1. The van der Waals surface area contributed by atoms with Gasteiger partial charge in [-0.15, -0.1) is 0 Å². The fourth-order valence-electron chi connectivity index (χ4n) is 3.44. The highest BCUT2D eigenvalue weighted by atomic mass is 35.5. The van der Waals surface area contributed by atoms with Gasteiger partial charge in [0.25, 0.3) is 0 Å². The maximum atomic E-state index is 13.1. The smallest absolute Gasteiger partial charge is 0.242 e. The Morgan fingerprint density at radius 2 is 1.74 bits per heavy atom. The Morgan fingerprint density at radius 3 is 2.41 bits per heavy atom. The number of halogens is 2. The lowest BCUT2D eigenvalue weighted by Crippen LogP contribution is -2.58. The van der Waals surface area contributed by atoms with Crippen LogP contribution in [0.2, 0.25) is 5.02 Å². The summed E-state index contributed by atoms with van der Waals surface area (Å²) in [5.74, 6) is -0.130. The van der Waals surface area contributed by atoms with Crippen LogP contribution in [0.4, 0.5) is 10.1 Å². The van der Waals surface area contributed by atoms with Gasteiger partial charge < -0.3 is 10.2 Å². The van der Waals surface area contributed by atoms with Gasteiger partial charge in [0.15, 0.2) is 0 Å². The molecule has 1 aliphatic heterocycles. The largest absolute Gasteiger partial charge is 0.376 e. The van der Waals surface area contributed by atoms with E-state index in [9.17, 15) is 9.18 Å². The predicted octanol–water partition coefficient (Wildman–Crippen LogP) is 4.01. The third-order valence-electron chi connectivity index (χ3n) is 5.02. The van der Waals surface area contributed by atoms with E-state index >= 15 is 0 Å². The molecule has 1 N–H and O–H groups in total. The summed E-state index contributed by atoms with van der Waals surface area (Å²) < 4.78 is 13.1. The number of benzene rings is 2. The van der Waals surface area contributed by atoms with Gasteiger partial charge in [0.05, 0.1) is 6.54 Å². The summed E-state index contributed by atoms with van der Waals surface area (Å²) in [6, 6.07) is 14.3. The van der Waals surface area contributed by atoms with Crippen LogP contribution in [0.1, 0.15) is 19.4 Å². The van der Waals surface area contributed by atoms with Crippen molar-refractivity contribution in [3.8, 4) is 0 Å². The lowest BCUT2D eigenvalue weighted by Gasteiger charge is -2.44. The van der Waals surface area contributed by atoms with Crippen LogP contribution in [0, 0.1) is 5.82 Å². The van der Waals surface area contributed by atoms with Gasteiger partial charge in [-0.1, -0.05) is 23.7 Å². The van der Waals surface area contributed by atoms with Gasteiger partial charge in [-0.3, -0.25) is 9.69 Å². The fraction of sp³-hybridized carbons (Fsp3) is 0.381. The van der Waals surface area contributed by atoms with Gasteiger partial charge in [0.2, 0.25) is 5.91 Å². The van der Waals surface area contributed by atoms with Crippen LogP contribution >= 0.6 is 11.6 Å². The van der Waals surface area contributed by atoms with E-state index in [4.69, 9.17) is 11.6 Å².